The first-order chi connectivity index (χ1) is 12.7. The predicted octanol–water partition coefficient (Wildman–Crippen LogP) is 3.85. The van der Waals surface area contributed by atoms with Gasteiger partial charge in [-0.2, -0.15) is 0 Å². The van der Waals surface area contributed by atoms with Crippen molar-refractivity contribution in [3.05, 3.63) is 34.8 Å². The maximum absolute atomic E-state index is 13.1. The van der Waals surface area contributed by atoms with E-state index in [2.05, 4.69) is 21.6 Å². The topological polar surface area (TPSA) is 59.8 Å². The Bertz CT molecular complexity index is 944. The van der Waals surface area contributed by atoms with Crippen molar-refractivity contribution in [1.29, 1.82) is 0 Å². The van der Waals surface area contributed by atoms with Crippen molar-refractivity contribution >= 4 is 28.1 Å². The number of alkyl halides is 1. The molecule has 0 spiro atoms. The van der Waals surface area contributed by atoms with Crippen LogP contribution in [-0.2, 0) is 17.9 Å². The lowest BCUT2D eigenvalue weighted by atomic mass is 9.85. The summed E-state index contributed by atoms with van der Waals surface area (Å²) in [6.07, 6.45) is 3.10. The van der Waals surface area contributed by atoms with Crippen LogP contribution >= 0.6 is 11.3 Å². The number of rotatable bonds is 6. The molecule has 26 heavy (non-hydrogen) atoms. The first-order valence-corrected chi connectivity index (χ1v) is 9.74. The van der Waals surface area contributed by atoms with E-state index >= 15 is 0 Å². The van der Waals surface area contributed by atoms with Crippen LogP contribution in [0.25, 0.3) is 21.6 Å². The maximum Gasteiger partial charge on any atom is 0.223 e. The Labute approximate surface area is 155 Å². The summed E-state index contributed by atoms with van der Waals surface area (Å²) >= 11 is 1.45. The number of carbonyl (C=O) groups excluding carboxylic acids is 1. The van der Waals surface area contributed by atoms with Crippen LogP contribution in [0.2, 0.25) is 0 Å². The van der Waals surface area contributed by atoms with E-state index in [1.54, 1.807) is 0 Å². The van der Waals surface area contributed by atoms with E-state index in [1.165, 1.54) is 11.3 Å². The number of aryl methyl sites for hydroxylation is 2. The molecule has 0 atom stereocenters. The Hall–Kier alpha value is -2.28. The minimum absolute atomic E-state index is 0.107. The third-order valence-corrected chi connectivity index (χ3v) is 5.99. The van der Waals surface area contributed by atoms with Crippen LogP contribution in [0.4, 0.5) is 4.39 Å². The molecule has 0 bridgehead atoms. The van der Waals surface area contributed by atoms with Gasteiger partial charge in [-0.15, -0.1) is 10.2 Å². The molecule has 0 aliphatic heterocycles. The Kier molecular flexibility index (Phi) is 4.72. The minimum atomic E-state index is -0.437. The average Bonchev–Trinajstić information content (AvgIpc) is 3.18. The molecule has 5 nitrogen and oxygen atoms in total. The highest BCUT2D eigenvalue weighted by Gasteiger charge is 2.25. The van der Waals surface area contributed by atoms with Gasteiger partial charge in [-0.05, 0) is 37.5 Å². The monoisotopic (exact) mass is 372 g/mol. The molecule has 0 saturated heterocycles. The molecule has 2 aromatic heterocycles. The van der Waals surface area contributed by atoms with Gasteiger partial charge in [-0.1, -0.05) is 29.9 Å². The van der Waals surface area contributed by atoms with Crippen LogP contribution in [0.15, 0.2) is 24.3 Å². The molecule has 4 rings (SSSR count). The predicted molar refractivity (Wildman–Crippen MR) is 101 cm³/mol. The first kappa shape index (κ1) is 17.1. The zero-order valence-corrected chi connectivity index (χ0v) is 15.5. The van der Waals surface area contributed by atoms with Gasteiger partial charge in [-0.25, -0.2) is 4.39 Å². The summed E-state index contributed by atoms with van der Waals surface area (Å²) in [5.74, 6) is 0.271. The number of fused-ring (bicyclic) bond motifs is 1. The normalized spacial score (nSPS) is 14.5. The number of nitrogens with zero attached hydrogens (tertiary/aromatic N) is 3. The van der Waals surface area contributed by atoms with Crippen LogP contribution in [0.3, 0.4) is 0 Å². The fourth-order valence-electron chi connectivity index (χ4n) is 3.34. The van der Waals surface area contributed by atoms with Crippen LogP contribution in [0.1, 0.15) is 29.8 Å². The van der Waals surface area contributed by atoms with E-state index in [-0.39, 0.29) is 18.4 Å². The smallest absolute Gasteiger partial charge is 0.223 e. The lowest BCUT2D eigenvalue weighted by Crippen LogP contribution is -2.33. The Balaban J connectivity index is 1.59. The number of benzene rings is 1. The quantitative estimate of drug-likeness (QED) is 0.715. The van der Waals surface area contributed by atoms with Gasteiger partial charge in [0.25, 0.3) is 0 Å². The van der Waals surface area contributed by atoms with E-state index in [0.717, 1.165) is 51.4 Å². The molecule has 1 aromatic carbocycles. The highest BCUT2D eigenvalue weighted by Crippen LogP contribution is 2.32. The van der Waals surface area contributed by atoms with E-state index in [4.69, 9.17) is 0 Å². The van der Waals surface area contributed by atoms with Crippen molar-refractivity contribution in [1.82, 2.24) is 20.1 Å². The summed E-state index contributed by atoms with van der Waals surface area (Å²) < 4.78 is 15.1. The number of hydrogen-bond acceptors (Lipinski definition) is 4. The lowest BCUT2D eigenvalue weighted by molar-refractivity contribution is -0.127. The summed E-state index contributed by atoms with van der Waals surface area (Å²) in [6, 6.07) is 8.09. The van der Waals surface area contributed by atoms with Gasteiger partial charge in [0.2, 0.25) is 5.91 Å². The molecule has 1 aliphatic carbocycles. The molecular weight excluding hydrogens is 351 g/mol. The van der Waals surface area contributed by atoms with Gasteiger partial charge in [-0.3, -0.25) is 4.79 Å². The molecule has 1 amide bonds. The van der Waals surface area contributed by atoms with E-state index < -0.39 is 6.67 Å². The van der Waals surface area contributed by atoms with E-state index in [1.807, 2.05) is 29.7 Å². The van der Waals surface area contributed by atoms with E-state index in [0.29, 0.717) is 6.54 Å². The molecular formula is C19H21FN4OS. The number of carbonyl (C=O) groups is 1. The van der Waals surface area contributed by atoms with E-state index in [9.17, 15) is 9.18 Å². The molecule has 2 heterocycles. The molecule has 7 heteroatoms. The summed E-state index contributed by atoms with van der Waals surface area (Å²) in [6.45, 7) is 2.30. The zero-order valence-electron chi connectivity index (χ0n) is 14.7. The second-order valence-electron chi connectivity index (χ2n) is 6.72. The maximum atomic E-state index is 13.1. The highest BCUT2D eigenvalue weighted by atomic mass is 32.1. The SMILES string of the molecule is Cc1cccc2c1cc(-c1nnc(CNC(=O)C3CCC3)s1)n2CCF. The highest BCUT2D eigenvalue weighted by molar-refractivity contribution is 7.14. The van der Waals surface area contributed by atoms with Crippen molar-refractivity contribution in [2.75, 3.05) is 6.67 Å². The summed E-state index contributed by atoms with van der Waals surface area (Å²) in [7, 11) is 0. The minimum Gasteiger partial charge on any atom is -0.349 e. The zero-order chi connectivity index (χ0) is 18.1. The number of nitrogens with one attached hydrogen (secondary N) is 1. The molecule has 1 aliphatic rings. The first-order valence-electron chi connectivity index (χ1n) is 8.92. The second kappa shape index (κ2) is 7.15. The fraction of sp³-hybridized carbons (Fsp3) is 0.421. The third kappa shape index (κ3) is 3.11. The van der Waals surface area contributed by atoms with Crippen molar-refractivity contribution in [3.63, 3.8) is 0 Å². The van der Waals surface area contributed by atoms with Crippen LogP contribution in [0, 0.1) is 12.8 Å². The number of halogens is 1. The Morgan fingerprint density at radius 2 is 2.23 bits per heavy atom. The molecule has 0 radical (unpaired) electrons. The van der Waals surface area contributed by atoms with Crippen molar-refractivity contribution < 1.29 is 9.18 Å². The number of amides is 1. The third-order valence-electron chi connectivity index (χ3n) is 5.05. The van der Waals surface area contributed by atoms with Crippen LogP contribution in [0.5, 0.6) is 0 Å². The van der Waals surface area contributed by atoms with Gasteiger partial charge in [0.15, 0.2) is 5.01 Å². The second-order valence-corrected chi connectivity index (χ2v) is 7.79. The summed E-state index contributed by atoms with van der Waals surface area (Å²) in [4.78, 5) is 12.0. The lowest BCUT2D eigenvalue weighted by Gasteiger charge is -2.23. The Morgan fingerprint density at radius 1 is 1.38 bits per heavy atom. The van der Waals surface area contributed by atoms with Crippen molar-refractivity contribution in [2.45, 2.75) is 39.3 Å². The molecule has 0 unspecified atom stereocenters. The van der Waals surface area contributed by atoms with Gasteiger partial charge >= 0.3 is 0 Å². The van der Waals surface area contributed by atoms with Gasteiger partial charge in [0.05, 0.1) is 18.8 Å². The standard InChI is InChI=1S/C19H21FN4OS/c1-12-4-2-7-15-14(12)10-16(24(15)9-8-20)19-23-22-17(26-19)11-21-18(25)13-5-3-6-13/h2,4,7,10,13H,3,5-6,8-9,11H2,1H3,(H,21,25). The number of hydrogen-bond donors (Lipinski definition) is 1. The van der Waals surface area contributed by atoms with Gasteiger partial charge in [0, 0.05) is 16.8 Å². The van der Waals surface area contributed by atoms with Crippen LogP contribution in [-0.4, -0.2) is 27.3 Å². The molecule has 1 saturated carbocycles. The summed E-state index contributed by atoms with van der Waals surface area (Å²) in [5.41, 5.74) is 3.03. The molecule has 136 valence electrons. The Morgan fingerprint density at radius 3 is 2.96 bits per heavy atom. The van der Waals surface area contributed by atoms with Crippen molar-refractivity contribution in [3.8, 4) is 10.7 Å². The largest absolute Gasteiger partial charge is 0.349 e. The van der Waals surface area contributed by atoms with Gasteiger partial charge in [0.1, 0.15) is 11.7 Å². The number of aromatic nitrogens is 3. The van der Waals surface area contributed by atoms with Gasteiger partial charge < -0.3 is 9.88 Å². The summed E-state index contributed by atoms with van der Waals surface area (Å²) in [5, 5.41) is 14.1. The molecule has 1 N–H and O–H groups in total. The average molecular weight is 372 g/mol. The van der Waals surface area contributed by atoms with Crippen LogP contribution < -0.4 is 5.32 Å². The molecule has 3 aromatic rings. The van der Waals surface area contributed by atoms with Crippen molar-refractivity contribution in [2.24, 2.45) is 5.92 Å². The molecule has 1 fully saturated rings. The fourth-order valence-corrected chi connectivity index (χ4v) is 4.15.